The van der Waals surface area contributed by atoms with Gasteiger partial charge in [0.05, 0.1) is 0 Å². The van der Waals surface area contributed by atoms with Crippen LogP contribution in [-0.4, -0.2) is 16.8 Å². The van der Waals surface area contributed by atoms with Gasteiger partial charge in [-0.1, -0.05) is 0 Å². The molecule has 1 saturated carbocycles. The van der Waals surface area contributed by atoms with Gasteiger partial charge < -0.3 is 0 Å². The summed E-state index contributed by atoms with van der Waals surface area (Å²) in [6, 6.07) is 0. The van der Waals surface area contributed by atoms with E-state index in [0.29, 0.717) is 18.6 Å². The molecule has 1 aliphatic carbocycles. The van der Waals surface area contributed by atoms with Gasteiger partial charge in [0, 0.05) is 17.7 Å². The lowest BCUT2D eigenvalue weighted by Gasteiger charge is -2.25. The lowest BCUT2D eigenvalue weighted by Crippen LogP contribution is -2.24. The first kappa shape index (κ1) is 11.3. The molecule has 1 aliphatic rings. The van der Waals surface area contributed by atoms with Crippen LogP contribution in [0, 0.1) is 0 Å². The lowest BCUT2D eigenvalue weighted by molar-refractivity contribution is -0.191. The van der Waals surface area contributed by atoms with Crippen LogP contribution in [0.25, 0.3) is 0 Å². The van der Waals surface area contributed by atoms with Crippen LogP contribution >= 0.6 is 11.6 Å². The van der Waals surface area contributed by atoms with Crippen molar-refractivity contribution >= 4 is 23.5 Å². The Kier molecular flexibility index (Phi) is 4.79. The number of rotatable bonds is 0. The maximum absolute atomic E-state index is 10.7. The zero-order valence-corrected chi connectivity index (χ0v) is 7.69. The van der Waals surface area contributed by atoms with Crippen LogP contribution in [-0.2, 0) is 14.4 Å². The normalized spacial score (nSPS) is 20.3. The summed E-state index contributed by atoms with van der Waals surface area (Å²) >= 11 is 5.99. The van der Waals surface area contributed by atoms with Crippen LogP contribution in [0.5, 0.6) is 0 Å². The van der Waals surface area contributed by atoms with Crippen molar-refractivity contribution in [1.82, 2.24) is 0 Å². The fraction of sp³-hybridized carbons (Fsp3) is 0.750. The molecule has 0 saturated heterocycles. The first-order valence-electron chi connectivity index (χ1n) is 3.72. The molecule has 3 nitrogen and oxygen atoms in total. The smallest absolute Gasteiger partial charge is 0.300 e. The van der Waals surface area contributed by atoms with Crippen LogP contribution in [0.2, 0.25) is 0 Å². The average molecular weight is 191 g/mol. The van der Waals surface area contributed by atoms with Crippen LogP contribution in [0.1, 0.15) is 32.6 Å². The van der Waals surface area contributed by atoms with Crippen LogP contribution in [0.3, 0.4) is 0 Å². The maximum Gasteiger partial charge on any atom is 0.373 e. The number of Topliss-reactive ketones (excluding diaryl/α,β-unsaturated/α-hetero) is 1. The SMILES string of the molecule is CC1(Cl)CCC(=O)CC1.O=C=O. The van der Waals surface area contributed by atoms with Gasteiger partial charge in [0.25, 0.3) is 0 Å². The molecule has 0 atom stereocenters. The molecule has 0 aromatic rings. The molecule has 0 bridgehead atoms. The number of hydrogen-bond acceptors (Lipinski definition) is 3. The number of ketones is 1. The van der Waals surface area contributed by atoms with Crippen LogP contribution in [0.4, 0.5) is 0 Å². The highest BCUT2D eigenvalue weighted by molar-refractivity contribution is 6.24. The zero-order valence-electron chi connectivity index (χ0n) is 6.93. The van der Waals surface area contributed by atoms with E-state index in [0.717, 1.165) is 12.8 Å². The molecule has 0 amide bonds. The van der Waals surface area contributed by atoms with Gasteiger partial charge in [-0.15, -0.1) is 11.6 Å². The molecule has 12 heavy (non-hydrogen) atoms. The standard InChI is InChI=1S/C7H11ClO.CO2/c1-7(8)4-2-6(9)3-5-7;2-1-3/h2-5H2,1H3;. The predicted octanol–water partition coefficient (Wildman–Crippen LogP) is 1.54. The van der Waals surface area contributed by atoms with Crippen molar-refractivity contribution in [3.8, 4) is 0 Å². The second-order valence-corrected chi connectivity index (χ2v) is 3.95. The summed E-state index contributed by atoms with van der Waals surface area (Å²) in [5, 5.41) is 0. The van der Waals surface area contributed by atoms with E-state index in [4.69, 9.17) is 21.2 Å². The van der Waals surface area contributed by atoms with E-state index in [9.17, 15) is 4.79 Å². The summed E-state index contributed by atoms with van der Waals surface area (Å²) in [6.45, 7) is 2.00. The third-order valence-electron chi connectivity index (χ3n) is 1.85. The highest BCUT2D eigenvalue weighted by Crippen LogP contribution is 2.31. The van der Waals surface area contributed by atoms with Gasteiger partial charge in [-0.05, 0) is 19.8 Å². The molecular weight excluding hydrogens is 180 g/mol. The zero-order chi connectivity index (χ0) is 9.61. The lowest BCUT2D eigenvalue weighted by atomic mass is 9.89. The van der Waals surface area contributed by atoms with Gasteiger partial charge in [0.1, 0.15) is 5.78 Å². The molecule has 4 heteroatoms. The molecule has 0 aliphatic heterocycles. The van der Waals surface area contributed by atoms with Gasteiger partial charge in [0.2, 0.25) is 0 Å². The Labute approximate surface area is 76.1 Å². The minimum Gasteiger partial charge on any atom is -0.300 e. The molecule has 0 spiro atoms. The number of carbonyl (C=O) groups is 1. The molecule has 0 unspecified atom stereocenters. The van der Waals surface area contributed by atoms with Gasteiger partial charge in [0.15, 0.2) is 0 Å². The molecule has 0 radical (unpaired) electrons. The minimum atomic E-state index is -0.0894. The summed E-state index contributed by atoms with van der Waals surface area (Å²) in [7, 11) is 0. The van der Waals surface area contributed by atoms with Crippen LogP contribution in [0.15, 0.2) is 0 Å². The van der Waals surface area contributed by atoms with Crippen molar-refractivity contribution in [3.63, 3.8) is 0 Å². The Morgan fingerprint density at radius 3 is 1.92 bits per heavy atom. The van der Waals surface area contributed by atoms with Crippen molar-refractivity contribution in [2.24, 2.45) is 0 Å². The van der Waals surface area contributed by atoms with E-state index < -0.39 is 0 Å². The number of carbonyl (C=O) groups excluding carboxylic acids is 3. The molecule has 0 N–H and O–H groups in total. The summed E-state index contributed by atoms with van der Waals surface area (Å²) in [4.78, 5) is 26.9. The third-order valence-corrected chi connectivity index (χ3v) is 2.23. The third kappa shape index (κ3) is 5.05. The minimum absolute atomic E-state index is 0.0894. The number of alkyl halides is 1. The van der Waals surface area contributed by atoms with Crippen molar-refractivity contribution < 1.29 is 14.4 Å². The Morgan fingerprint density at radius 2 is 1.67 bits per heavy atom. The van der Waals surface area contributed by atoms with Crippen molar-refractivity contribution in [1.29, 1.82) is 0 Å². The first-order valence-corrected chi connectivity index (χ1v) is 4.09. The quantitative estimate of drug-likeness (QED) is 0.545. The van der Waals surface area contributed by atoms with E-state index in [1.165, 1.54) is 0 Å². The molecular formula is C8H11ClO3. The molecule has 1 fully saturated rings. The molecule has 0 aromatic heterocycles. The van der Waals surface area contributed by atoms with E-state index in [1.807, 2.05) is 6.92 Å². The van der Waals surface area contributed by atoms with E-state index in [-0.39, 0.29) is 11.0 Å². The second-order valence-electron chi connectivity index (χ2n) is 3.04. The van der Waals surface area contributed by atoms with Crippen LogP contribution < -0.4 is 0 Å². The highest BCUT2D eigenvalue weighted by atomic mass is 35.5. The van der Waals surface area contributed by atoms with E-state index in [1.54, 1.807) is 0 Å². The first-order chi connectivity index (χ1) is 5.52. The summed E-state index contributed by atoms with van der Waals surface area (Å²) in [5.41, 5.74) is 0. The Hall–Kier alpha value is -0.660. The fourth-order valence-corrected chi connectivity index (χ4v) is 1.24. The molecule has 68 valence electrons. The molecule has 0 heterocycles. The van der Waals surface area contributed by atoms with E-state index in [2.05, 4.69) is 0 Å². The predicted molar refractivity (Wildman–Crippen MR) is 42.7 cm³/mol. The van der Waals surface area contributed by atoms with Gasteiger partial charge in [-0.3, -0.25) is 4.79 Å². The van der Waals surface area contributed by atoms with Gasteiger partial charge in [-0.2, -0.15) is 9.59 Å². The summed E-state index contributed by atoms with van der Waals surface area (Å²) < 4.78 is 0. The topological polar surface area (TPSA) is 51.2 Å². The monoisotopic (exact) mass is 190 g/mol. The largest absolute Gasteiger partial charge is 0.373 e. The van der Waals surface area contributed by atoms with Gasteiger partial charge >= 0.3 is 6.15 Å². The number of halogens is 1. The van der Waals surface area contributed by atoms with Crippen molar-refractivity contribution in [2.75, 3.05) is 0 Å². The Bertz CT molecular complexity index is 180. The summed E-state index contributed by atoms with van der Waals surface area (Å²) in [6.07, 6.45) is 3.32. The van der Waals surface area contributed by atoms with Crippen molar-refractivity contribution in [3.05, 3.63) is 0 Å². The highest BCUT2D eigenvalue weighted by Gasteiger charge is 2.26. The second kappa shape index (κ2) is 5.07. The molecule has 0 aromatic carbocycles. The fourth-order valence-electron chi connectivity index (χ4n) is 1.05. The Morgan fingerprint density at radius 1 is 1.33 bits per heavy atom. The van der Waals surface area contributed by atoms with Crippen molar-refractivity contribution in [2.45, 2.75) is 37.5 Å². The average Bonchev–Trinajstić information content (AvgIpc) is 1.98. The van der Waals surface area contributed by atoms with Gasteiger partial charge in [-0.25, -0.2) is 0 Å². The Balaban J connectivity index is 0.000000354. The molecule has 1 rings (SSSR count). The van der Waals surface area contributed by atoms with E-state index >= 15 is 0 Å². The maximum atomic E-state index is 10.7. The summed E-state index contributed by atoms with van der Waals surface area (Å²) in [5.74, 6) is 0.369. The number of hydrogen-bond donors (Lipinski definition) is 0.